The van der Waals surface area contributed by atoms with Crippen molar-refractivity contribution in [2.24, 2.45) is 0 Å². The molecule has 1 fully saturated rings. The second-order valence-electron chi connectivity index (χ2n) is 6.21. The number of piperidine rings is 1. The second kappa shape index (κ2) is 9.48. The smallest absolute Gasteiger partial charge is 0.252 e. The number of carbonyl (C=O) groups is 2. The van der Waals surface area contributed by atoms with E-state index < -0.39 is 10.0 Å². The van der Waals surface area contributed by atoms with Gasteiger partial charge < -0.3 is 10.2 Å². The monoisotopic (exact) mass is 401 g/mol. The quantitative estimate of drug-likeness (QED) is 0.714. The minimum absolute atomic E-state index is 0.0369. The van der Waals surface area contributed by atoms with Crippen molar-refractivity contribution < 1.29 is 18.0 Å². The van der Waals surface area contributed by atoms with Gasteiger partial charge in [-0.2, -0.15) is 4.31 Å². The highest BCUT2D eigenvalue weighted by atomic mass is 32.2. The molecule has 2 rings (SSSR count). The van der Waals surface area contributed by atoms with E-state index in [-0.39, 0.29) is 29.0 Å². The number of thiophene rings is 1. The molecule has 9 heteroatoms. The van der Waals surface area contributed by atoms with Crippen molar-refractivity contribution in [1.29, 1.82) is 0 Å². The summed E-state index contributed by atoms with van der Waals surface area (Å²) < 4.78 is 27.1. The Morgan fingerprint density at radius 1 is 1.15 bits per heavy atom. The number of nitrogens with one attached hydrogen (secondary N) is 1. The van der Waals surface area contributed by atoms with Crippen LogP contribution in [-0.4, -0.2) is 62.2 Å². The minimum atomic E-state index is -3.46. The summed E-state index contributed by atoms with van der Waals surface area (Å²) in [6.07, 6.45) is 2.92. The second-order valence-corrected chi connectivity index (χ2v) is 9.54. The number of sulfonamides is 1. The average molecular weight is 402 g/mol. The van der Waals surface area contributed by atoms with Gasteiger partial charge in [0.2, 0.25) is 11.8 Å². The fourth-order valence-corrected chi connectivity index (χ4v) is 5.93. The van der Waals surface area contributed by atoms with E-state index in [4.69, 9.17) is 0 Å². The lowest BCUT2D eigenvalue weighted by molar-refractivity contribution is -0.132. The summed E-state index contributed by atoms with van der Waals surface area (Å²) in [6.45, 7) is 6.07. The Balaban J connectivity index is 1.91. The maximum atomic E-state index is 12.6. The third kappa shape index (κ3) is 5.28. The minimum Gasteiger partial charge on any atom is -0.347 e. The fraction of sp³-hybridized carbons (Fsp3) is 0.647. The zero-order chi connectivity index (χ0) is 19.2. The van der Waals surface area contributed by atoms with E-state index >= 15 is 0 Å². The molecule has 1 N–H and O–H groups in total. The number of carbonyl (C=O) groups excluding carboxylic acids is 2. The predicted octanol–water partition coefficient (Wildman–Crippen LogP) is 1.45. The lowest BCUT2D eigenvalue weighted by Crippen LogP contribution is -2.40. The molecule has 26 heavy (non-hydrogen) atoms. The summed E-state index contributed by atoms with van der Waals surface area (Å²) in [5.41, 5.74) is 0. The largest absolute Gasteiger partial charge is 0.347 e. The van der Waals surface area contributed by atoms with Crippen molar-refractivity contribution in [3.63, 3.8) is 0 Å². The number of amides is 2. The predicted molar refractivity (Wildman–Crippen MR) is 102 cm³/mol. The molecule has 0 unspecified atom stereocenters. The number of rotatable bonds is 8. The maximum Gasteiger partial charge on any atom is 0.252 e. The molecule has 0 saturated carbocycles. The normalized spacial score (nSPS) is 15.6. The number of nitrogens with zero attached hydrogens (tertiary/aromatic N) is 2. The zero-order valence-corrected chi connectivity index (χ0v) is 17.0. The lowest BCUT2D eigenvalue weighted by atomic mass is 10.2. The van der Waals surface area contributed by atoms with Gasteiger partial charge >= 0.3 is 0 Å². The van der Waals surface area contributed by atoms with Crippen molar-refractivity contribution in [2.75, 3.05) is 32.7 Å². The average Bonchev–Trinajstić information content (AvgIpc) is 3.11. The van der Waals surface area contributed by atoms with Gasteiger partial charge in [-0.3, -0.25) is 9.59 Å². The van der Waals surface area contributed by atoms with Crippen LogP contribution in [-0.2, 0) is 26.0 Å². The van der Waals surface area contributed by atoms with Crippen LogP contribution in [0.2, 0.25) is 0 Å². The van der Waals surface area contributed by atoms with E-state index in [1.165, 1.54) is 4.31 Å². The molecule has 1 aliphatic heterocycles. The van der Waals surface area contributed by atoms with E-state index in [0.29, 0.717) is 31.1 Å². The fourth-order valence-electron chi connectivity index (χ4n) is 2.91. The van der Waals surface area contributed by atoms with Crippen molar-refractivity contribution in [3.05, 3.63) is 17.0 Å². The van der Waals surface area contributed by atoms with Gasteiger partial charge in [0.25, 0.3) is 10.0 Å². The molecule has 146 valence electrons. The number of likely N-dealkylation sites (N-methyl/N-ethyl adjacent to an activating group) is 1. The topological polar surface area (TPSA) is 86.8 Å². The molecule has 0 atom stereocenters. The van der Waals surface area contributed by atoms with E-state index in [1.54, 1.807) is 17.0 Å². The Bertz CT molecular complexity index is 720. The first kappa shape index (κ1) is 20.9. The summed E-state index contributed by atoms with van der Waals surface area (Å²) in [6, 6.07) is 3.24. The Morgan fingerprint density at radius 3 is 2.42 bits per heavy atom. The first-order valence-electron chi connectivity index (χ1n) is 9.01. The van der Waals surface area contributed by atoms with Crippen LogP contribution in [0.5, 0.6) is 0 Å². The van der Waals surface area contributed by atoms with Crippen LogP contribution >= 0.6 is 11.3 Å². The number of hydrogen-bond acceptors (Lipinski definition) is 5. The molecule has 1 aliphatic rings. The van der Waals surface area contributed by atoms with Gasteiger partial charge in [0.05, 0.1) is 13.0 Å². The molecule has 0 radical (unpaired) electrons. The highest BCUT2D eigenvalue weighted by Gasteiger charge is 2.27. The maximum absolute atomic E-state index is 12.6. The Morgan fingerprint density at radius 2 is 1.81 bits per heavy atom. The molecule has 1 aromatic rings. The van der Waals surface area contributed by atoms with E-state index in [2.05, 4.69) is 5.32 Å². The van der Waals surface area contributed by atoms with Crippen molar-refractivity contribution in [1.82, 2.24) is 14.5 Å². The number of hydrogen-bond donors (Lipinski definition) is 1. The molecular formula is C17H27N3O4S2. The first-order chi connectivity index (χ1) is 12.4. The summed E-state index contributed by atoms with van der Waals surface area (Å²) in [5, 5.41) is 2.61. The Hall–Kier alpha value is -1.45. The third-order valence-corrected chi connectivity index (χ3v) is 7.89. The Labute approximate surface area is 159 Å². The van der Waals surface area contributed by atoms with E-state index in [9.17, 15) is 18.0 Å². The highest BCUT2D eigenvalue weighted by Crippen LogP contribution is 2.27. The van der Waals surface area contributed by atoms with Crippen LogP contribution < -0.4 is 5.32 Å². The molecule has 0 bridgehead atoms. The molecular weight excluding hydrogens is 374 g/mol. The van der Waals surface area contributed by atoms with Gasteiger partial charge in [-0.1, -0.05) is 6.42 Å². The lowest BCUT2D eigenvalue weighted by Gasteiger charge is -2.25. The summed E-state index contributed by atoms with van der Waals surface area (Å²) in [5.74, 6) is -0.405. The standard InChI is InChI=1S/C17H27N3O4S2/c1-3-19(4-2)16(22)13-18-15(21)12-14-8-9-17(25-14)26(23,24)20-10-6-5-7-11-20/h8-9H,3-7,10-13H2,1-2H3,(H,18,21). The van der Waals surface area contributed by atoms with Crippen LogP contribution in [0, 0.1) is 0 Å². The van der Waals surface area contributed by atoms with Gasteiger partial charge in [0.15, 0.2) is 0 Å². The van der Waals surface area contributed by atoms with Gasteiger partial charge in [0, 0.05) is 31.1 Å². The molecule has 2 heterocycles. The molecule has 1 saturated heterocycles. The molecule has 0 aromatic carbocycles. The summed E-state index contributed by atoms with van der Waals surface area (Å²) in [4.78, 5) is 26.3. The van der Waals surface area contributed by atoms with E-state index in [1.807, 2.05) is 13.8 Å². The van der Waals surface area contributed by atoms with Gasteiger partial charge in [-0.05, 0) is 38.8 Å². The van der Waals surface area contributed by atoms with Crippen LogP contribution in [0.1, 0.15) is 38.0 Å². The molecule has 0 aliphatic carbocycles. The van der Waals surface area contributed by atoms with E-state index in [0.717, 1.165) is 30.6 Å². The molecule has 7 nitrogen and oxygen atoms in total. The van der Waals surface area contributed by atoms with Crippen molar-refractivity contribution in [2.45, 2.75) is 43.7 Å². The van der Waals surface area contributed by atoms with Crippen molar-refractivity contribution >= 4 is 33.2 Å². The molecule has 0 spiro atoms. The molecule has 1 aromatic heterocycles. The van der Waals surface area contributed by atoms with Gasteiger partial charge in [0.1, 0.15) is 4.21 Å². The van der Waals surface area contributed by atoms with Crippen LogP contribution in [0.3, 0.4) is 0 Å². The summed E-state index contributed by atoms with van der Waals surface area (Å²) in [7, 11) is -3.46. The zero-order valence-electron chi connectivity index (χ0n) is 15.4. The van der Waals surface area contributed by atoms with Gasteiger partial charge in [-0.15, -0.1) is 11.3 Å². The Kier molecular flexibility index (Phi) is 7.60. The third-order valence-electron chi connectivity index (χ3n) is 4.43. The highest BCUT2D eigenvalue weighted by molar-refractivity contribution is 7.91. The summed E-state index contributed by atoms with van der Waals surface area (Å²) >= 11 is 1.13. The van der Waals surface area contributed by atoms with Crippen LogP contribution in [0.15, 0.2) is 16.3 Å². The molecule has 2 amide bonds. The SMILES string of the molecule is CCN(CC)C(=O)CNC(=O)Cc1ccc(S(=O)(=O)N2CCCCC2)s1. The van der Waals surface area contributed by atoms with Crippen LogP contribution in [0.4, 0.5) is 0 Å². The first-order valence-corrected chi connectivity index (χ1v) is 11.3. The van der Waals surface area contributed by atoms with Gasteiger partial charge in [-0.25, -0.2) is 8.42 Å². The van der Waals surface area contributed by atoms with Crippen LogP contribution in [0.25, 0.3) is 0 Å². The van der Waals surface area contributed by atoms with Crippen molar-refractivity contribution in [3.8, 4) is 0 Å².